The number of hydrogen-bond donors (Lipinski definition) is 2. The summed E-state index contributed by atoms with van der Waals surface area (Å²) in [4.78, 5) is 8.87. The van der Waals surface area contributed by atoms with Gasteiger partial charge in [0.2, 0.25) is 0 Å². The quantitative estimate of drug-likeness (QED) is 0.609. The third kappa shape index (κ3) is 4.80. The van der Waals surface area contributed by atoms with E-state index in [1.54, 1.807) is 26.4 Å². The third-order valence-corrected chi connectivity index (χ3v) is 4.21. The van der Waals surface area contributed by atoms with Crippen LogP contribution in [0.5, 0.6) is 11.5 Å². The minimum absolute atomic E-state index is 0.530. The van der Waals surface area contributed by atoms with Gasteiger partial charge in [-0.2, -0.15) is 0 Å². The molecule has 3 aromatic rings. The van der Waals surface area contributed by atoms with Gasteiger partial charge < -0.3 is 20.1 Å². The summed E-state index contributed by atoms with van der Waals surface area (Å²) < 4.78 is 10.6. The lowest BCUT2D eigenvalue weighted by Gasteiger charge is -2.12. The predicted octanol–water partition coefficient (Wildman–Crippen LogP) is 4.81. The molecule has 2 N–H and O–H groups in total. The molecule has 0 bridgehead atoms. The van der Waals surface area contributed by atoms with Crippen LogP contribution in [-0.2, 0) is 6.54 Å². The number of aromatic nitrogens is 2. The number of hydrogen-bond acceptors (Lipinski definition) is 6. The van der Waals surface area contributed by atoms with Crippen LogP contribution in [0.3, 0.4) is 0 Å². The molecule has 140 valence electrons. The monoisotopic (exact) mass is 384 g/mol. The van der Waals surface area contributed by atoms with Crippen LogP contribution >= 0.6 is 11.6 Å². The average Bonchev–Trinajstić information content (AvgIpc) is 2.66. The zero-order valence-electron chi connectivity index (χ0n) is 15.4. The first-order valence-electron chi connectivity index (χ1n) is 8.41. The minimum atomic E-state index is 0.530. The van der Waals surface area contributed by atoms with Crippen LogP contribution < -0.4 is 20.1 Å². The number of nitrogens with one attached hydrogen (secondary N) is 2. The van der Waals surface area contributed by atoms with Crippen molar-refractivity contribution in [3.05, 3.63) is 64.9 Å². The molecule has 0 fully saturated rings. The lowest BCUT2D eigenvalue weighted by Crippen LogP contribution is -2.06. The molecule has 0 atom stereocenters. The van der Waals surface area contributed by atoms with E-state index in [9.17, 15) is 0 Å². The minimum Gasteiger partial charge on any atom is -0.496 e. The van der Waals surface area contributed by atoms with Crippen molar-refractivity contribution in [2.24, 2.45) is 0 Å². The van der Waals surface area contributed by atoms with Gasteiger partial charge in [0.25, 0.3) is 0 Å². The van der Waals surface area contributed by atoms with Crippen LogP contribution in [0.25, 0.3) is 0 Å². The van der Waals surface area contributed by atoms with Crippen molar-refractivity contribution in [1.29, 1.82) is 0 Å². The van der Waals surface area contributed by atoms with E-state index in [2.05, 4.69) is 20.6 Å². The van der Waals surface area contributed by atoms with Crippen molar-refractivity contribution in [2.45, 2.75) is 13.5 Å². The molecule has 1 aromatic heterocycles. The molecule has 0 unspecified atom stereocenters. The molecule has 0 aliphatic rings. The second kappa shape index (κ2) is 8.60. The fourth-order valence-corrected chi connectivity index (χ4v) is 2.91. The van der Waals surface area contributed by atoms with Gasteiger partial charge in [0, 0.05) is 23.9 Å². The summed E-state index contributed by atoms with van der Waals surface area (Å²) in [5.41, 5.74) is 1.86. The van der Waals surface area contributed by atoms with Crippen molar-refractivity contribution in [3.8, 4) is 11.5 Å². The van der Waals surface area contributed by atoms with E-state index in [0.717, 1.165) is 22.8 Å². The maximum atomic E-state index is 6.18. The summed E-state index contributed by atoms with van der Waals surface area (Å²) in [6, 6.07) is 15.2. The molecule has 6 nitrogen and oxygen atoms in total. The maximum absolute atomic E-state index is 6.18. The van der Waals surface area contributed by atoms with Crippen molar-refractivity contribution in [2.75, 3.05) is 24.9 Å². The zero-order valence-corrected chi connectivity index (χ0v) is 16.2. The lowest BCUT2D eigenvalue weighted by atomic mass is 10.2. The van der Waals surface area contributed by atoms with Crippen molar-refractivity contribution in [1.82, 2.24) is 9.97 Å². The molecule has 0 amide bonds. The van der Waals surface area contributed by atoms with Gasteiger partial charge >= 0.3 is 0 Å². The predicted molar refractivity (Wildman–Crippen MR) is 108 cm³/mol. The SMILES string of the molecule is COc1ccc(Nc2cc(NCc3ccccc3OC)nc(C)n2)cc1Cl. The summed E-state index contributed by atoms with van der Waals surface area (Å²) in [7, 11) is 3.25. The first kappa shape index (κ1) is 18.8. The summed E-state index contributed by atoms with van der Waals surface area (Å²) in [6.45, 7) is 2.44. The smallest absolute Gasteiger partial charge is 0.137 e. The van der Waals surface area contributed by atoms with E-state index >= 15 is 0 Å². The number of ether oxygens (including phenoxy) is 2. The lowest BCUT2D eigenvalue weighted by molar-refractivity contribution is 0.410. The van der Waals surface area contributed by atoms with Gasteiger partial charge in [0.15, 0.2) is 0 Å². The van der Waals surface area contributed by atoms with Gasteiger partial charge in [-0.15, -0.1) is 0 Å². The molecule has 0 radical (unpaired) electrons. The normalized spacial score (nSPS) is 10.4. The molecule has 0 saturated heterocycles. The summed E-state index contributed by atoms with van der Waals surface area (Å²) in [6.07, 6.45) is 0. The van der Waals surface area contributed by atoms with Crippen LogP contribution in [0.1, 0.15) is 11.4 Å². The van der Waals surface area contributed by atoms with E-state index in [0.29, 0.717) is 29.0 Å². The Balaban J connectivity index is 1.75. The second-order valence-electron chi connectivity index (χ2n) is 5.83. The van der Waals surface area contributed by atoms with Crippen LogP contribution in [-0.4, -0.2) is 24.2 Å². The second-order valence-corrected chi connectivity index (χ2v) is 6.23. The Morgan fingerprint density at radius 1 is 0.926 bits per heavy atom. The Hall–Kier alpha value is -2.99. The van der Waals surface area contributed by atoms with Gasteiger partial charge in [0.05, 0.1) is 19.2 Å². The van der Waals surface area contributed by atoms with E-state index < -0.39 is 0 Å². The first-order chi connectivity index (χ1) is 13.1. The average molecular weight is 385 g/mol. The van der Waals surface area contributed by atoms with Crippen LogP contribution in [0.2, 0.25) is 5.02 Å². The Labute approximate surface area is 163 Å². The molecule has 0 aliphatic carbocycles. The maximum Gasteiger partial charge on any atom is 0.137 e. The highest BCUT2D eigenvalue weighted by Crippen LogP contribution is 2.29. The molecule has 1 heterocycles. The number of para-hydroxylation sites is 1. The summed E-state index contributed by atoms with van der Waals surface area (Å²) in [5, 5.41) is 7.09. The highest BCUT2D eigenvalue weighted by molar-refractivity contribution is 6.32. The van der Waals surface area contributed by atoms with Gasteiger partial charge in [-0.3, -0.25) is 0 Å². The van der Waals surface area contributed by atoms with Gasteiger partial charge in [0.1, 0.15) is 29.0 Å². The standard InChI is InChI=1S/C20H21ClN4O2/c1-13-23-19(22-12-14-6-4-5-7-17(14)26-2)11-20(24-13)25-15-8-9-18(27-3)16(21)10-15/h4-11H,12H2,1-3H3,(H2,22,23,24,25). The number of halogens is 1. The molecule has 3 rings (SSSR count). The van der Waals surface area contributed by atoms with Crippen molar-refractivity contribution >= 4 is 28.9 Å². The first-order valence-corrected chi connectivity index (χ1v) is 8.79. The molecule has 0 saturated carbocycles. The van der Waals surface area contributed by atoms with E-state index in [1.165, 1.54) is 0 Å². The topological polar surface area (TPSA) is 68.3 Å². The number of rotatable bonds is 7. The number of benzene rings is 2. The third-order valence-electron chi connectivity index (χ3n) is 3.91. The van der Waals surface area contributed by atoms with E-state index in [1.807, 2.05) is 43.3 Å². The molecular weight excluding hydrogens is 364 g/mol. The molecular formula is C20H21ClN4O2. The Kier molecular flexibility index (Phi) is 5.98. The number of aryl methyl sites for hydroxylation is 1. The molecule has 27 heavy (non-hydrogen) atoms. The molecule has 2 aromatic carbocycles. The van der Waals surface area contributed by atoms with Crippen LogP contribution in [0.4, 0.5) is 17.3 Å². The van der Waals surface area contributed by atoms with Crippen molar-refractivity contribution < 1.29 is 9.47 Å². The zero-order chi connectivity index (χ0) is 19.2. The highest BCUT2D eigenvalue weighted by Gasteiger charge is 2.07. The highest BCUT2D eigenvalue weighted by atomic mass is 35.5. The number of methoxy groups -OCH3 is 2. The molecule has 0 aliphatic heterocycles. The summed E-state index contributed by atoms with van der Waals surface area (Å²) >= 11 is 6.18. The van der Waals surface area contributed by atoms with E-state index in [-0.39, 0.29) is 0 Å². The summed E-state index contributed by atoms with van der Waals surface area (Å²) in [5.74, 6) is 3.51. The molecule has 7 heteroatoms. The Morgan fingerprint density at radius 3 is 2.41 bits per heavy atom. The van der Waals surface area contributed by atoms with Gasteiger partial charge in [-0.1, -0.05) is 29.8 Å². The number of anilines is 3. The van der Waals surface area contributed by atoms with Gasteiger partial charge in [-0.25, -0.2) is 9.97 Å². The Morgan fingerprint density at radius 2 is 1.67 bits per heavy atom. The van der Waals surface area contributed by atoms with Crippen molar-refractivity contribution in [3.63, 3.8) is 0 Å². The number of nitrogens with zero attached hydrogens (tertiary/aromatic N) is 2. The van der Waals surface area contributed by atoms with E-state index in [4.69, 9.17) is 21.1 Å². The largest absolute Gasteiger partial charge is 0.496 e. The fraction of sp³-hybridized carbons (Fsp3) is 0.200. The Bertz CT molecular complexity index is 934. The molecule has 0 spiro atoms. The van der Waals surface area contributed by atoms with Gasteiger partial charge in [-0.05, 0) is 31.2 Å². The fourth-order valence-electron chi connectivity index (χ4n) is 2.65. The van der Waals surface area contributed by atoms with Crippen LogP contribution in [0.15, 0.2) is 48.5 Å². The van der Waals surface area contributed by atoms with Crippen LogP contribution in [0, 0.1) is 6.92 Å².